The van der Waals surface area contributed by atoms with E-state index in [0.717, 1.165) is 24.8 Å². The summed E-state index contributed by atoms with van der Waals surface area (Å²) in [6.45, 7) is 3.98. The number of amides is 2. The number of rotatable bonds is 6. The van der Waals surface area contributed by atoms with Crippen LogP contribution in [0.5, 0.6) is 0 Å². The summed E-state index contributed by atoms with van der Waals surface area (Å²) in [6.07, 6.45) is 5.33. The zero-order valence-corrected chi connectivity index (χ0v) is 13.2. The van der Waals surface area contributed by atoms with E-state index >= 15 is 0 Å². The Morgan fingerprint density at radius 2 is 1.86 bits per heavy atom. The van der Waals surface area contributed by atoms with Crippen LogP contribution in [0.3, 0.4) is 0 Å². The highest BCUT2D eigenvalue weighted by molar-refractivity contribution is 6.35. The molecule has 0 saturated heterocycles. The summed E-state index contributed by atoms with van der Waals surface area (Å²) in [4.78, 5) is 23.1. The van der Waals surface area contributed by atoms with Crippen molar-refractivity contribution in [1.82, 2.24) is 10.7 Å². The Hall–Kier alpha value is -2.17. The summed E-state index contributed by atoms with van der Waals surface area (Å²) in [7, 11) is 0. The van der Waals surface area contributed by atoms with Gasteiger partial charge in [0.1, 0.15) is 0 Å². The van der Waals surface area contributed by atoms with Gasteiger partial charge in [-0.1, -0.05) is 37.6 Å². The number of nitrogens with zero attached hydrogens (tertiary/aromatic N) is 1. The summed E-state index contributed by atoms with van der Waals surface area (Å²) in [5.74, 6) is -1.33. The monoisotopic (exact) mass is 301 g/mol. The van der Waals surface area contributed by atoms with E-state index in [2.05, 4.69) is 34.9 Å². The minimum Gasteiger partial charge on any atom is -0.345 e. The SMILES string of the molecule is CCCCc1ccc(/C(C)=N\NC(=O)C(=O)NC2CC2)cc1. The third-order valence-corrected chi connectivity index (χ3v) is 3.63. The Labute approximate surface area is 131 Å². The normalized spacial score (nSPS) is 14.5. The summed E-state index contributed by atoms with van der Waals surface area (Å²) in [5.41, 5.74) is 5.21. The minimum absolute atomic E-state index is 0.166. The van der Waals surface area contributed by atoms with Crippen molar-refractivity contribution in [3.63, 3.8) is 0 Å². The Bertz CT molecular complexity index is 560. The third-order valence-electron chi connectivity index (χ3n) is 3.63. The first-order chi connectivity index (χ1) is 10.6. The molecular formula is C17H23N3O2. The highest BCUT2D eigenvalue weighted by atomic mass is 16.2. The van der Waals surface area contributed by atoms with Gasteiger partial charge in [-0.05, 0) is 43.7 Å². The van der Waals surface area contributed by atoms with Crippen LogP contribution in [0.15, 0.2) is 29.4 Å². The van der Waals surface area contributed by atoms with Crippen LogP contribution in [0.25, 0.3) is 0 Å². The number of unbranched alkanes of at least 4 members (excludes halogenated alkanes) is 1. The topological polar surface area (TPSA) is 70.6 Å². The van der Waals surface area contributed by atoms with Gasteiger partial charge in [0.2, 0.25) is 0 Å². The fourth-order valence-electron chi connectivity index (χ4n) is 2.02. The molecule has 5 heteroatoms. The summed E-state index contributed by atoms with van der Waals surface area (Å²) in [6, 6.07) is 8.29. The molecule has 22 heavy (non-hydrogen) atoms. The van der Waals surface area contributed by atoms with Crippen LogP contribution in [-0.2, 0) is 16.0 Å². The van der Waals surface area contributed by atoms with E-state index in [9.17, 15) is 9.59 Å². The van der Waals surface area contributed by atoms with E-state index in [0.29, 0.717) is 5.71 Å². The lowest BCUT2D eigenvalue weighted by atomic mass is 10.0. The predicted octanol–water partition coefficient (Wildman–Crippen LogP) is 2.15. The molecule has 0 atom stereocenters. The van der Waals surface area contributed by atoms with Gasteiger partial charge in [-0.15, -0.1) is 0 Å². The smallest absolute Gasteiger partial charge is 0.329 e. The predicted molar refractivity (Wildman–Crippen MR) is 86.6 cm³/mol. The first kappa shape index (κ1) is 16.2. The molecule has 1 aliphatic rings. The maximum atomic E-state index is 11.6. The van der Waals surface area contributed by atoms with E-state index in [-0.39, 0.29) is 6.04 Å². The molecule has 1 aromatic rings. The molecule has 0 bridgehead atoms. The lowest BCUT2D eigenvalue weighted by Gasteiger charge is -2.05. The highest BCUT2D eigenvalue weighted by Crippen LogP contribution is 2.18. The van der Waals surface area contributed by atoms with Crippen LogP contribution >= 0.6 is 0 Å². The average molecular weight is 301 g/mol. The number of hydrogen-bond acceptors (Lipinski definition) is 3. The van der Waals surface area contributed by atoms with Gasteiger partial charge in [-0.2, -0.15) is 5.10 Å². The Morgan fingerprint density at radius 1 is 1.18 bits per heavy atom. The van der Waals surface area contributed by atoms with Crippen LogP contribution in [0.1, 0.15) is 50.7 Å². The summed E-state index contributed by atoms with van der Waals surface area (Å²) in [5, 5.41) is 6.62. The molecule has 0 spiro atoms. The van der Waals surface area contributed by atoms with Gasteiger partial charge in [0.15, 0.2) is 0 Å². The molecule has 0 heterocycles. The van der Waals surface area contributed by atoms with E-state index in [1.165, 1.54) is 18.4 Å². The number of nitrogens with one attached hydrogen (secondary N) is 2. The molecule has 1 saturated carbocycles. The van der Waals surface area contributed by atoms with Crippen LogP contribution < -0.4 is 10.7 Å². The molecule has 1 fully saturated rings. The average Bonchev–Trinajstić information content (AvgIpc) is 3.34. The van der Waals surface area contributed by atoms with Crippen LogP contribution in [0, 0.1) is 0 Å². The number of carbonyl (C=O) groups is 2. The second-order valence-electron chi connectivity index (χ2n) is 5.69. The maximum Gasteiger partial charge on any atom is 0.329 e. The van der Waals surface area contributed by atoms with Gasteiger partial charge in [0, 0.05) is 6.04 Å². The molecular weight excluding hydrogens is 278 g/mol. The first-order valence-corrected chi connectivity index (χ1v) is 7.84. The van der Waals surface area contributed by atoms with Crippen molar-refractivity contribution in [3.05, 3.63) is 35.4 Å². The van der Waals surface area contributed by atoms with Gasteiger partial charge in [-0.3, -0.25) is 9.59 Å². The third kappa shape index (κ3) is 4.98. The minimum atomic E-state index is -0.717. The van der Waals surface area contributed by atoms with Crippen molar-refractivity contribution in [2.45, 2.75) is 52.0 Å². The van der Waals surface area contributed by atoms with E-state index in [4.69, 9.17) is 0 Å². The van der Waals surface area contributed by atoms with Crippen LogP contribution in [0.4, 0.5) is 0 Å². The van der Waals surface area contributed by atoms with Crippen molar-refractivity contribution < 1.29 is 9.59 Å². The lowest BCUT2D eigenvalue weighted by molar-refractivity contribution is -0.139. The van der Waals surface area contributed by atoms with Gasteiger partial charge in [0.25, 0.3) is 0 Å². The van der Waals surface area contributed by atoms with Crippen LogP contribution in [0.2, 0.25) is 0 Å². The Morgan fingerprint density at radius 3 is 2.45 bits per heavy atom. The summed E-state index contributed by atoms with van der Waals surface area (Å²) < 4.78 is 0. The largest absolute Gasteiger partial charge is 0.345 e. The van der Waals surface area contributed by atoms with E-state index in [1.54, 1.807) is 6.92 Å². The van der Waals surface area contributed by atoms with Gasteiger partial charge < -0.3 is 5.32 Å². The number of carbonyl (C=O) groups excluding carboxylic acids is 2. The lowest BCUT2D eigenvalue weighted by Crippen LogP contribution is -2.39. The second kappa shape index (κ2) is 7.73. The fourth-order valence-corrected chi connectivity index (χ4v) is 2.02. The zero-order valence-electron chi connectivity index (χ0n) is 13.2. The van der Waals surface area contributed by atoms with Crippen molar-refractivity contribution >= 4 is 17.5 Å². The fraction of sp³-hybridized carbons (Fsp3) is 0.471. The Kier molecular flexibility index (Phi) is 5.69. The quantitative estimate of drug-likeness (QED) is 0.480. The van der Waals surface area contributed by atoms with Crippen LogP contribution in [-0.4, -0.2) is 23.6 Å². The van der Waals surface area contributed by atoms with Gasteiger partial charge in [0.05, 0.1) is 5.71 Å². The molecule has 0 aliphatic heterocycles. The van der Waals surface area contributed by atoms with Gasteiger partial charge in [-0.25, -0.2) is 5.43 Å². The van der Waals surface area contributed by atoms with Crippen molar-refractivity contribution in [2.75, 3.05) is 0 Å². The zero-order chi connectivity index (χ0) is 15.9. The molecule has 2 amide bonds. The molecule has 1 aromatic carbocycles. The molecule has 118 valence electrons. The molecule has 5 nitrogen and oxygen atoms in total. The molecule has 0 unspecified atom stereocenters. The van der Waals surface area contributed by atoms with Gasteiger partial charge >= 0.3 is 11.8 Å². The number of hydrogen-bond donors (Lipinski definition) is 2. The van der Waals surface area contributed by atoms with Crippen molar-refractivity contribution in [1.29, 1.82) is 0 Å². The number of hydrazone groups is 1. The van der Waals surface area contributed by atoms with E-state index < -0.39 is 11.8 Å². The van der Waals surface area contributed by atoms with Crippen molar-refractivity contribution in [2.24, 2.45) is 5.10 Å². The second-order valence-corrected chi connectivity index (χ2v) is 5.69. The molecule has 0 aromatic heterocycles. The standard InChI is InChI=1S/C17H23N3O2/c1-3-4-5-13-6-8-14(9-7-13)12(2)19-20-17(22)16(21)18-15-10-11-15/h6-9,15H,3-5,10-11H2,1-2H3,(H,18,21)(H,20,22)/b19-12-. The molecule has 1 aliphatic carbocycles. The number of benzene rings is 1. The first-order valence-electron chi connectivity index (χ1n) is 7.84. The Balaban J connectivity index is 1.87. The van der Waals surface area contributed by atoms with Crippen molar-refractivity contribution in [3.8, 4) is 0 Å². The number of aryl methyl sites for hydroxylation is 1. The highest BCUT2D eigenvalue weighted by Gasteiger charge is 2.26. The van der Waals surface area contributed by atoms with E-state index in [1.807, 2.05) is 12.1 Å². The maximum absolute atomic E-state index is 11.6. The molecule has 2 rings (SSSR count). The molecule has 0 radical (unpaired) electrons. The molecule has 2 N–H and O–H groups in total. The summed E-state index contributed by atoms with van der Waals surface area (Å²) >= 11 is 0.